The number of amidine groups is 1. The molecule has 4 N–H and O–H groups in total. The van der Waals surface area contributed by atoms with Gasteiger partial charge in [0.1, 0.15) is 0 Å². The molecule has 4 nitrogen and oxygen atoms in total. The van der Waals surface area contributed by atoms with Crippen LogP contribution < -0.4 is 5.73 Å². The maximum atomic E-state index is 8.59. The van der Waals surface area contributed by atoms with Crippen LogP contribution in [0.2, 0.25) is 0 Å². The molecule has 0 saturated heterocycles. The largest absolute Gasteiger partial charge is 0.396 e. The minimum atomic E-state index is 0.137. The third kappa shape index (κ3) is 6.86. The monoisotopic (exact) mass is 201 g/mol. The molecule has 0 aromatic rings. The lowest BCUT2D eigenvalue weighted by Gasteiger charge is -2.20. The molecule has 0 aromatic carbocycles. The van der Waals surface area contributed by atoms with Crippen molar-refractivity contribution >= 4 is 5.84 Å². The van der Waals surface area contributed by atoms with Crippen LogP contribution >= 0.6 is 0 Å². The third-order valence-electron chi connectivity index (χ3n) is 2.31. The predicted molar refractivity (Wildman–Crippen MR) is 59.5 cm³/mol. The average Bonchev–Trinajstić information content (AvgIpc) is 2.12. The van der Waals surface area contributed by atoms with Crippen molar-refractivity contribution < 1.29 is 5.11 Å². The number of aliphatic hydroxyl groups excluding tert-OH is 1. The molecule has 0 rings (SSSR count). The van der Waals surface area contributed by atoms with Crippen molar-refractivity contribution in [2.45, 2.75) is 26.2 Å². The fourth-order valence-corrected chi connectivity index (χ4v) is 1.33. The molecule has 0 spiro atoms. The van der Waals surface area contributed by atoms with E-state index in [0.717, 1.165) is 32.4 Å². The lowest BCUT2D eigenvalue weighted by atomic mass is 10.1. The van der Waals surface area contributed by atoms with E-state index in [0.29, 0.717) is 0 Å². The van der Waals surface area contributed by atoms with E-state index in [-0.39, 0.29) is 18.4 Å². The second-order valence-electron chi connectivity index (χ2n) is 3.90. The normalized spacial score (nSPS) is 13.1. The zero-order valence-electron chi connectivity index (χ0n) is 9.29. The van der Waals surface area contributed by atoms with Gasteiger partial charge in [0.15, 0.2) is 0 Å². The zero-order chi connectivity index (χ0) is 11.0. The molecular formula is C10H23N3O. The first-order valence-corrected chi connectivity index (χ1v) is 5.21. The Balaban J connectivity index is 3.45. The summed E-state index contributed by atoms with van der Waals surface area (Å²) in [5.41, 5.74) is 5.38. The second kappa shape index (κ2) is 7.76. The summed E-state index contributed by atoms with van der Waals surface area (Å²) in [6, 6.07) is 0. The van der Waals surface area contributed by atoms with Crippen LogP contribution in [0.5, 0.6) is 0 Å². The van der Waals surface area contributed by atoms with Gasteiger partial charge in [-0.15, -0.1) is 0 Å². The number of nitrogens with zero attached hydrogens (tertiary/aromatic N) is 1. The van der Waals surface area contributed by atoms with E-state index in [4.69, 9.17) is 16.2 Å². The SMILES string of the molecule is CC(CN(C)CCCCCO)C(=N)N. The van der Waals surface area contributed by atoms with Crippen molar-refractivity contribution in [3.63, 3.8) is 0 Å². The molecule has 84 valence electrons. The van der Waals surface area contributed by atoms with Gasteiger partial charge in [-0.2, -0.15) is 0 Å². The van der Waals surface area contributed by atoms with E-state index in [1.165, 1.54) is 0 Å². The molecule has 0 aliphatic rings. The van der Waals surface area contributed by atoms with Crippen molar-refractivity contribution in [3.8, 4) is 0 Å². The van der Waals surface area contributed by atoms with E-state index in [2.05, 4.69) is 4.90 Å². The van der Waals surface area contributed by atoms with Crippen molar-refractivity contribution in [2.75, 3.05) is 26.7 Å². The van der Waals surface area contributed by atoms with Crippen LogP contribution in [0.25, 0.3) is 0 Å². The summed E-state index contributed by atoms with van der Waals surface area (Å²) < 4.78 is 0. The van der Waals surface area contributed by atoms with Crippen molar-refractivity contribution in [1.29, 1.82) is 5.41 Å². The van der Waals surface area contributed by atoms with Gasteiger partial charge in [0, 0.05) is 19.1 Å². The number of hydrogen-bond acceptors (Lipinski definition) is 3. The molecule has 0 bridgehead atoms. The lowest BCUT2D eigenvalue weighted by Crippen LogP contribution is -2.32. The predicted octanol–water partition coefficient (Wildman–Crippen LogP) is 0.653. The molecule has 4 heteroatoms. The fraction of sp³-hybridized carbons (Fsp3) is 0.900. The fourth-order valence-electron chi connectivity index (χ4n) is 1.33. The molecule has 0 heterocycles. The molecule has 14 heavy (non-hydrogen) atoms. The van der Waals surface area contributed by atoms with Crippen LogP contribution in [0, 0.1) is 11.3 Å². The van der Waals surface area contributed by atoms with Crippen molar-refractivity contribution in [3.05, 3.63) is 0 Å². The minimum Gasteiger partial charge on any atom is -0.396 e. The second-order valence-corrected chi connectivity index (χ2v) is 3.90. The van der Waals surface area contributed by atoms with E-state index < -0.39 is 0 Å². The first-order chi connectivity index (χ1) is 6.57. The number of nitrogens with two attached hydrogens (primary N) is 1. The summed E-state index contributed by atoms with van der Waals surface area (Å²) in [5, 5.41) is 15.8. The number of unbranched alkanes of at least 4 members (excludes halogenated alkanes) is 2. The summed E-state index contributed by atoms with van der Waals surface area (Å²) in [5.74, 6) is 0.394. The first kappa shape index (κ1) is 13.4. The smallest absolute Gasteiger partial charge is 0.0947 e. The van der Waals surface area contributed by atoms with Gasteiger partial charge >= 0.3 is 0 Å². The molecule has 1 atom stereocenters. The maximum absolute atomic E-state index is 8.59. The topological polar surface area (TPSA) is 73.3 Å². The highest BCUT2D eigenvalue weighted by molar-refractivity contribution is 5.79. The Bertz CT molecular complexity index is 161. The molecule has 0 aliphatic heterocycles. The molecule has 0 saturated carbocycles. The number of nitrogens with one attached hydrogen (secondary N) is 1. The van der Waals surface area contributed by atoms with Crippen LogP contribution in [0.4, 0.5) is 0 Å². The number of aliphatic hydroxyl groups is 1. The van der Waals surface area contributed by atoms with Crippen molar-refractivity contribution in [1.82, 2.24) is 4.90 Å². The molecule has 0 fully saturated rings. The summed E-state index contributed by atoms with van der Waals surface area (Å²) in [7, 11) is 2.04. The van der Waals surface area contributed by atoms with Crippen molar-refractivity contribution in [2.24, 2.45) is 11.7 Å². The average molecular weight is 201 g/mol. The van der Waals surface area contributed by atoms with E-state index in [1.54, 1.807) is 0 Å². The lowest BCUT2D eigenvalue weighted by molar-refractivity contribution is 0.269. The Morgan fingerprint density at radius 1 is 1.43 bits per heavy atom. The number of hydrogen-bond donors (Lipinski definition) is 3. The Labute approximate surface area is 86.6 Å². The molecular weight excluding hydrogens is 178 g/mol. The highest BCUT2D eigenvalue weighted by Crippen LogP contribution is 2.00. The Morgan fingerprint density at radius 3 is 2.57 bits per heavy atom. The quantitative estimate of drug-likeness (QED) is 0.307. The van der Waals surface area contributed by atoms with Gasteiger partial charge < -0.3 is 15.7 Å². The molecule has 0 aliphatic carbocycles. The Morgan fingerprint density at radius 2 is 2.07 bits per heavy atom. The van der Waals surface area contributed by atoms with Crippen LogP contribution in [0.3, 0.4) is 0 Å². The van der Waals surface area contributed by atoms with E-state index in [1.807, 2.05) is 14.0 Å². The Kier molecular flexibility index (Phi) is 7.42. The van der Waals surface area contributed by atoms with Gasteiger partial charge in [-0.1, -0.05) is 6.92 Å². The summed E-state index contributed by atoms with van der Waals surface area (Å²) in [4.78, 5) is 2.18. The van der Waals surface area contributed by atoms with Gasteiger partial charge in [-0.05, 0) is 32.9 Å². The summed E-state index contributed by atoms with van der Waals surface area (Å²) in [6.45, 7) is 4.10. The molecule has 0 aromatic heterocycles. The van der Waals surface area contributed by atoms with Crippen LogP contribution in [-0.2, 0) is 0 Å². The summed E-state index contributed by atoms with van der Waals surface area (Å²) in [6.07, 6.45) is 3.05. The van der Waals surface area contributed by atoms with E-state index >= 15 is 0 Å². The van der Waals surface area contributed by atoms with Gasteiger partial charge in [0.05, 0.1) is 5.84 Å². The third-order valence-corrected chi connectivity index (χ3v) is 2.31. The van der Waals surface area contributed by atoms with Crippen LogP contribution in [0.15, 0.2) is 0 Å². The van der Waals surface area contributed by atoms with Crippen LogP contribution in [-0.4, -0.2) is 42.6 Å². The first-order valence-electron chi connectivity index (χ1n) is 5.21. The molecule has 0 amide bonds. The number of rotatable bonds is 8. The van der Waals surface area contributed by atoms with E-state index in [9.17, 15) is 0 Å². The van der Waals surface area contributed by atoms with Gasteiger partial charge in [-0.25, -0.2) is 0 Å². The Hall–Kier alpha value is -0.610. The molecule has 1 unspecified atom stereocenters. The highest BCUT2D eigenvalue weighted by Gasteiger charge is 2.08. The zero-order valence-corrected chi connectivity index (χ0v) is 9.29. The maximum Gasteiger partial charge on any atom is 0.0947 e. The summed E-state index contributed by atoms with van der Waals surface area (Å²) >= 11 is 0. The standard InChI is InChI=1S/C10H23N3O/c1-9(10(11)12)8-13(2)6-4-3-5-7-14/h9,14H,3-8H2,1-2H3,(H3,11,12). The van der Waals surface area contributed by atoms with Gasteiger partial charge in [0.2, 0.25) is 0 Å². The minimum absolute atomic E-state index is 0.137. The molecule has 0 radical (unpaired) electrons. The van der Waals surface area contributed by atoms with Gasteiger partial charge in [-0.3, -0.25) is 5.41 Å². The van der Waals surface area contributed by atoms with Crippen LogP contribution in [0.1, 0.15) is 26.2 Å². The highest BCUT2D eigenvalue weighted by atomic mass is 16.2. The van der Waals surface area contributed by atoms with Gasteiger partial charge in [0.25, 0.3) is 0 Å².